The number of terminal acetylenes is 1. The molecule has 0 saturated heterocycles. The van der Waals surface area contributed by atoms with Crippen LogP contribution in [0.2, 0.25) is 22.2 Å². The third-order valence-corrected chi connectivity index (χ3v) is 17.9. The summed E-state index contributed by atoms with van der Waals surface area (Å²) in [4.78, 5) is 21.1. The molecular formula is C40H81IO2Si2. The minimum atomic E-state index is -2.14. The molecule has 0 aliphatic carbocycles. The Morgan fingerprint density at radius 1 is 0.533 bits per heavy atom. The highest BCUT2D eigenvalue weighted by atomic mass is 127. The topological polar surface area (TPSA) is 40.5 Å². The normalized spacial score (nSPS) is 12.0. The highest BCUT2D eigenvalue weighted by Crippen LogP contribution is 2.31. The fraction of sp³-hybridized carbons (Fsp3) is 0.800. The third-order valence-electron chi connectivity index (χ3n) is 8.41. The zero-order valence-corrected chi connectivity index (χ0v) is 36.6. The lowest BCUT2D eigenvalue weighted by Crippen LogP contribution is -2.39. The van der Waals surface area contributed by atoms with E-state index in [-0.39, 0.29) is 0 Å². The lowest BCUT2D eigenvalue weighted by atomic mass is 10.2. The molecule has 45 heavy (non-hydrogen) atoms. The minimum absolute atomic E-state index is 0.417. The molecule has 0 saturated carbocycles. The first-order chi connectivity index (χ1) is 21.2. The molecule has 0 aromatic heterocycles. The molecule has 0 unspecified atom stereocenters. The van der Waals surface area contributed by atoms with Crippen LogP contribution in [-0.2, 0) is 0 Å². The molecule has 0 radical (unpaired) electrons. The molecule has 0 fully saturated rings. The first-order valence-corrected chi connectivity index (χ1v) is 24.3. The quantitative estimate of drug-likeness (QED) is 0.0527. The van der Waals surface area contributed by atoms with E-state index in [0.717, 1.165) is 19.3 Å². The van der Waals surface area contributed by atoms with Crippen molar-refractivity contribution in [2.24, 2.45) is 0 Å². The van der Waals surface area contributed by atoms with Crippen molar-refractivity contribution in [1.82, 2.24) is 0 Å². The monoisotopic (exact) mass is 776 g/mol. The predicted molar refractivity (Wildman–Crippen MR) is 223 cm³/mol. The number of halogens is 1. The van der Waals surface area contributed by atoms with Gasteiger partial charge in [-0.15, -0.1) is 12.3 Å². The maximum Gasteiger partial charge on any atom is 0.217 e. The number of allylic oxidation sites excluding steroid dienone is 3. The van der Waals surface area contributed by atoms with Gasteiger partial charge in [0.25, 0.3) is 0 Å². The summed E-state index contributed by atoms with van der Waals surface area (Å²) in [7, 11) is -4.29. The Kier molecular flexibility index (Phi) is 42.2. The SMILES string of the molecule is C#CCCCCC.CCCCC/C=C/[Si](O)(C(C)C)C(C)C.CCCCCC=CI.CCCCCC=C[Si](O)(C(C)C)C(C)C. The third kappa shape index (κ3) is 32.2. The van der Waals surface area contributed by atoms with Crippen LogP contribution in [0.25, 0.3) is 0 Å². The molecule has 0 aromatic carbocycles. The van der Waals surface area contributed by atoms with Crippen LogP contribution >= 0.6 is 22.6 Å². The molecule has 0 spiro atoms. The average Bonchev–Trinajstić information content (AvgIpc) is 2.99. The Bertz CT molecular complexity index is 662. The van der Waals surface area contributed by atoms with Gasteiger partial charge >= 0.3 is 0 Å². The van der Waals surface area contributed by atoms with Crippen molar-refractivity contribution in [1.29, 1.82) is 0 Å². The van der Waals surface area contributed by atoms with Crippen molar-refractivity contribution in [3.8, 4) is 12.3 Å². The molecule has 0 rings (SSSR count). The lowest BCUT2D eigenvalue weighted by Gasteiger charge is -2.29. The van der Waals surface area contributed by atoms with E-state index in [1.54, 1.807) is 0 Å². The molecule has 0 heterocycles. The van der Waals surface area contributed by atoms with Crippen LogP contribution in [0.15, 0.2) is 33.7 Å². The van der Waals surface area contributed by atoms with Crippen LogP contribution < -0.4 is 0 Å². The first-order valence-electron chi connectivity index (χ1n) is 18.7. The first kappa shape index (κ1) is 51.7. The van der Waals surface area contributed by atoms with Gasteiger partial charge in [0.05, 0.1) is 0 Å². The van der Waals surface area contributed by atoms with Crippen molar-refractivity contribution in [3.05, 3.63) is 33.7 Å². The van der Waals surface area contributed by atoms with E-state index in [0.29, 0.717) is 22.2 Å². The average molecular weight is 777 g/mol. The molecule has 0 atom stereocenters. The van der Waals surface area contributed by atoms with Crippen LogP contribution in [0.1, 0.15) is 186 Å². The van der Waals surface area contributed by atoms with Crippen molar-refractivity contribution in [2.45, 2.75) is 208 Å². The Morgan fingerprint density at radius 2 is 0.822 bits per heavy atom. The summed E-state index contributed by atoms with van der Waals surface area (Å²) in [5.41, 5.74) is 5.97. The van der Waals surface area contributed by atoms with Gasteiger partial charge in [-0.2, -0.15) is 0 Å². The van der Waals surface area contributed by atoms with E-state index < -0.39 is 16.6 Å². The molecule has 0 amide bonds. The summed E-state index contributed by atoms with van der Waals surface area (Å²) in [5.74, 6) is 2.60. The minimum Gasteiger partial charge on any atom is -0.427 e. The van der Waals surface area contributed by atoms with Crippen molar-refractivity contribution in [2.75, 3.05) is 0 Å². The zero-order valence-electron chi connectivity index (χ0n) is 32.4. The molecule has 268 valence electrons. The van der Waals surface area contributed by atoms with Gasteiger partial charge in [-0.3, -0.25) is 0 Å². The second kappa shape index (κ2) is 36.7. The summed E-state index contributed by atoms with van der Waals surface area (Å²) >= 11 is 2.26. The zero-order chi connectivity index (χ0) is 35.6. The van der Waals surface area contributed by atoms with Gasteiger partial charge in [0.15, 0.2) is 0 Å². The molecule has 0 bridgehead atoms. The predicted octanol–water partition coefficient (Wildman–Crippen LogP) is 14.6. The smallest absolute Gasteiger partial charge is 0.217 e. The molecule has 2 nitrogen and oxygen atoms in total. The van der Waals surface area contributed by atoms with Crippen molar-refractivity contribution >= 4 is 39.2 Å². The second-order valence-electron chi connectivity index (χ2n) is 13.7. The molecular weight excluding hydrogens is 696 g/mol. The maximum atomic E-state index is 10.6. The van der Waals surface area contributed by atoms with Crippen LogP contribution in [0.3, 0.4) is 0 Å². The molecule has 0 aromatic rings. The summed E-state index contributed by atoms with van der Waals surface area (Å²) in [6, 6.07) is 0. The summed E-state index contributed by atoms with van der Waals surface area (Å²) in [6.45, 7) is 26.0. The fourth-order valence-corrected chi connectivity index (χ4v) is 10.4. The van der Waals surface area contributed by atoms with Gasteiger partial charge in [0, 0.05) is 6.42 Å². The van der Waals surface area contributed by atoms with E-state index in [4.69, 9.17) is 6.42 Å². The van der Waals surface area contributed by atoms with Crippen LogP contribution in [-0.4, -0.2) is 26.2 Å². The van der Waals surface area contributed by atoms with Gasteiger partial charge in [-0.25, -0.2) is 0 Å². The summed E-state index contributed by atoms with van der Waals surface area (Å²) < 4.78 is 2.09. The molecule has 0 aliphatic heterocycles. The number of unbranched alkanes of at least 4 members (excludes halogenated alkanes) is 12. The van der Waals surface area contributed by atoms with Gasteiger partial charge < -0.3 is 9.59 Å². The van der Waals surface area contributed by atoms with Crippen LogP contribution in [0.4, 0.5) is 0 Å². The Labute approximate surface area is 301 Å². The molecule has 5 heteroatoms. The molecule has 2 N–H and O–H groups in total. The van der Waals surface area contributed by atoms with Gasteiger partial charge in [-0.1, -0.05) is 187 Å². The van der Waals surface area contributed by atoms with Crippen molar-refractivity contribution in [3.63, 3.8) is 0 Å². The largest absolute Gasteiger partial charge is 0.427 e. The number of rotatable bonds is 21. The fourth-order valence-electron chi connectivity index (χ4n) is 4.72. The van der Waals surface area contributed by atoms with Crippen molar-refractivity contribution < 1.29 is 9.59 Å². The molecule has 0 aliphatic rings. The van der Waals surface area contributed by atoms with E-state index >= 15 is 0 Å². The van der Waals surface area contributed by atoms with Crippen LogP contribution in [0, 0.1) is 12.3 Å². The van der Waals surface area contributed by atoms with E-state index in [9.17, 15) is 9.59 Å². The number of hydrogen-bond donors (Lipinski definition) is 2. The second-order valence-corrected chi connectivity index (χ2v) is 23.3. The van der Waals surface area contributed by atoms with Gasteiger partial charge in [0.1, 0.15) is 0 Å². The highest BCUT2D eigenvalue weighted by molar-refractivity contribution is 14.1. The van der Waals surface area contributed by atoms with E-state index in [1.807, 2.05) is 0 Å². The number of hydrogen-bond acceptors (Lipinski definition) is 2. The van der Waals surface area contributed by atoms with E-state index in [1.165, 1.54) is 83.5 Å². The van der Waals surface area contributed by atoms with Gasteiger partial charge in [0.2, 0.25) is 16.6 Å². The highest BCUT2D eigenvalue weighted by Gasteiger charge is 2.36. The van der Waals surface area contributed by atoms with E-state index in [2.05, 4.69) is 145 Å². The van der Waals surface area contributed by atoms with Gasteiger partial charge in [-0.05, 0) is 71.2 Å². The summed E-state index contributed by atoms with van der Waals surface area (Å²) in [5, 5.41) is 0. The lowest BCUT2D eigenvalue weighted by molar-refractivity contribution is 0.510. The summed E-state index contributed by atoms with van der Waals surface area (Å²) in [6.07, 6.45) is 31.6. The standard InChI is InChI=1S/2C13H28OSi.C7H13I.C7H12/c2*1-6-7-8-9-10-11-15(14,12(2)3)13(4)5;1-2-3-4-5-6-7-8;1-3-5-7-6-4-2/h2*10-14H,6-9H2,1-5H3;6-7H,2-5H2,1H3;1H,4-7H2,2H3/b11-10+;;;. The van der Waals surface area contributed by atoms with Crippen LogP contribution in [0.5, 0.6) is 0 Å². The Balaban J connectivity index is -0.000000262. The Morgan fingerprint density at radius 3 is 1.07 bits per heavy atom. The Hall–Kier alpha value is -0.136. The maximum absolute atomic E-state index is 10.6.